The van der Waals surface area contributed by atoms with E-state index in [4.69, 9.17) is 16.3 Å². The van der Waals surface area contributed by atoms with Crippen molar-refractivity contribution in [2.45, 2.75) is 13.0 Å². The number of hydrogen-bond donors (Lipinski definition) is 3. The van der Waals surface area contributed by atoms with Gasteiger partial charge < -0.3 is 10.5 Å². The zero-order valence-corrected chi connectivity index (χ0v) is 11.3. The number of nitrogens with one attached hydrogen (secondary N) is 1. The fourth-order valence-corrected chi connectivity index (χ4v) is 2.13. The second kappa shape index (κ2) is 5.29. The maximum atomic E-state index is 6.00. The van der Waals surface area contributed by atoms with E-state index in [9.17, 15) is 0 Å². The summed E-state index contributed by atoms with van der Waals surface area (Å²) in [7, 11) is 3.44. The van der Waals surface area contributed by atoms with Crippen LogP contribution in [0.4, 0.5) is 5.82 Å². The van der Waals surface area contributed by atoms with E-state index in [2.05, 4.69) is 10.5 Å². The van der Waals surface area contributed by atoms with Crippen molar-refractivity contribution in [3.63, 3.8) is 0 Å². The standard InChI is InChI=1S/C13H19N5O/c1-8-6-9(19-3)4-5-10(8)12(17-15)11-7-16-18(2)13(11)14/h4-7,12,17H,14-15H2,1-3H3. The number of methoxy groups -OCH3 is 1. The molecule has 1 atom stereocenters. The Kier molecular flexibility index (Phi) is 3.73. The zero-order valence-electron chi connectivity index (χ0n) is 11.3. The van der Waals surface area contributed by atoms with Gasteiger partial charge in [0.15, 0.2) is 0 Å². The largest absolute Gasteiger partial charge is 0.497 e. The Bertz CT molecular complexity index is 578. The molecule has 19 heavy (non-hydrogen) atoms. The van der Waals surface area contributed by atoms with Gasteiger partial charge in [0.25, 0.3) is 0 Å². The number of hydrazine groups is 1. The monoisotopic (exact) mass is 261 g/mol. The average Bonchev–Trinajstić information content (AvgIpc) is 2.73. The first-order valence-corrected chi connectivity index (χ1v) is 5.96. The van der Waals surface area contributed by atoms with Crippen molar-refractivity contribution in [2.75, 3.05) is 12.8 Å². The molecule has 1 aromatic heterocycles. The van der Waals surface area contributed by atoms with Gasteiger partial charge in [-0.05, 0) is 30.2 Å². The summed E-state index contributed by atoms with van der Waals surface area (Å²) >= 11 is 0. The predicted molar refractivity (Wildman–Crippen MR) is 74.5 cm³/mol. The Morgan fingerprint density at radius 2 is 2.11 bits per heavy atom. The van der Waals surface area contributed by atoms with Gasteiger partial charge in [-0.15, -0.1) is 0 Å². The summed E-state index contributed by atoms with van der Waals surface area (Å²) < 4.78 is 6.83. The fraction of sp³-hybridized carbons (Fsp3) is 0.308. The van der Waals surface area contributed by atoms with Crippen LogP contribution in [0.5, 0.6) is 5.75 Å². The Morgan fingerprint density at radius 1 is 1.37 bits per heavy atom. The van der Waals surface area contributed by atoms with Crippen LogP contribution in [0.15, 0.2) is 24.4 Å². The zero-order chi connectivity index (χ0) is 14.0. The first-order chi connectivity index (χ1) is 9.08. The number of nitrogens with two attached hydrogens (primary N) is 2. The highest BCUT2D eigenvalue weighted by Crippen LogP contribution is 2.29. The molecule has 0 aliphatic rings. The summed E-state index contributed by atoms with van der Waals surface area (Å²) in [6, 6.07) is 5.65. The smallest absolute Gasteiger partial charge is 0.126 e. The minimum atomic E-state index is -0.195. The molecule has 0 bridgehead atoms. The second-order valence-corrected chi connectivity index (χ2v) is 4.43. The topological polar surface area (TPSA) is 91.1 Å². The molecule has 0 radical (unpaired) electrons. The highest BCUT2D eigenvalue weighted by atomic mass is 16.5. The molecule has 0 saturated heterocycles. The Balaban J connectivity index is 2.45. The number of anilines is 1. The molecule has 5 N–H and O–H groups in total. The number of hydrogen-bond acceptors (Lipinski definition) is 5. The maximum Gasteiger partial charge on any atom is 0.126 e. The molecular formula is C13H19N5O. The normalized spacial score (nSPS) is 12.4. The molecule has 0 fully saturated rings. The number of nitrogen functional groups attached to an aromatic ring is 1. The van der Waals surface area contributed by atoms with E-state index in [0.29, 0.717) is 5.82 Å². The molecule has 0 saturated carbocycles. The van der Waals surface area contributed by atoms with Crippen LogP contribution in [0, 0.1) is 6.92 Å². The van der Waals surface area contributed by atoms with Crippen molar-refractivity contribution in [1.29, 1.82) is 0 Å². The molecule has 102 valence electrons. The summed E-state index contributed by atoms with van der Waals surface area (Å²) in [4.78, 5) is 0. The van der Waals surface area contributed by atoms with E-state index in [-0.39, 0.29) is 6.04 Å². The highest BCUT2D eigenvalue weighted by molar-refractivity contribution is 5.48. The van der Waals surface area contributed by atoms with E-state index in [0.717, 1.165) is 22.4 Å². The minimum absolute atomic E-state index is 0.195. The molecule has 0 spiro atoms. The van der Waals surface area contributed by atoms with Crippen molar-refractivity contribution in [3.8, 4) is 5.75 Å². The quantitative estimate of drug-likeness (QED) is 0.561. The molecule has 1 unspecified atom stereocenters. The lowest BCUT2D eigenvalue weighted by molar-refractivity contribution is 0.414. The Labute approximate surface area is 112 Å². The molecule has 1 aromatic carbocycles. The Morgan fingerprint density at radius 3 is 2.58 bits per heavy atom. The van der Waals surface area contributed by atoms with Gasteiger partial charge in [0.1, 0.15) is 11.6 Å². The molecule has 1 heterocycles. The van der Waals surface area contributed by atoms with Crippen molar-refractivity contribution in [1.82, 2.24) is 15.2 Å². The van der Waals surface area contributed by atoms with Crippen LogP contribution < -0.4 is 21.7 Å². The van der Waals surface area contributed by atoms with Gasteiger partial charge in [0, 0.05) is 12.6 Å². The minimum Gasteiger partial charge on any atom is -0.497 e. The lowest BCUT2D eigenvalue weighted by atomic mass is 9.97. The Hall–Kier alpha value is -2.05. The molecule has 0 amide bonds. The van der Waals surface area contributed by atoms with E-state index in [1.54, 1.807) is 25.0 Å². The third-order valence-corrected chi connectivity index (χ3v) is 3.28. The van der Waals surface area contributed by atoms with E-state index in [1.165, 1.54) is 0 Å². The van der Waals surface area contributed by atoms with Crippen molar-refractivity contribution in [2.24, 2.45) is 12.9 Å². The molecule has 0 aliphatic carbocycles. The van der Waals surface area contributed by atoms with Gasteiger partial charge in [-0.25, -0.2) is 5.43 Å². The van der Waals surface area contributed by atoms with Crippen LogP contribution >= 0.6 is 0 Å². The summed E-state index contributed by atoms with van der Waals surface area (Å²) in [5.74, 6) is 7.09. The molecule has 2 rings (SSSR count). The van der Waals surface area contributed by atoms with Gasteiger partial charge in [-0.2, -0.15) is 5.10 Å². The van der Waals surface area contributed by atoms with E-state index in [1.807, 2.05) is 25.1 Å². The molecule has 0 aliphatic heterocycles. The lowest BCUT2D eigenvalue weighted by Gasteiger charge is -2.18. The van der Waals surface area contributed by atoms with Crippen LogP contribution in [0.3, 0.4) is 0 Å². The van der Waals surface area contributed by atoms with Gasteiger partial charge in [-0.3, -0.25) is 10.5 Å². The molecule has 6 nitrogen and oxygen atoms in total. The van der Waals surface area contributed by atoms with Crippen LogP contribution in [0.2, 0.25) is 0 Å². The molecule has 6 heteroatoms. The van der Waals surface area contributed by atoms with E-state index < -0.39 is 0 Å². The van der Waals surface area contributed by atoms with Crippen LogP contribution in [0.25, 0.3) is 0 Å². The van der Waals surface area contributed by atoms with Crippen molar-refractivity contribution in [3.05, 3.63) is 41.1 Å². The number of ether oxygens (including phenoxy) is 1. The third kappa shape index (κ3) is 2.40. The van der Waals surface area contributed by atoms with Crippen molar-refractivity contribution >= 4 is 5.82 Å². The highest BCUT2D eigenvalue weighted by Gasteiger charge is 2.20. The number of nitrogens with zero attached hydrogens (tertiary/aromatic N) is 2. The summed E-state index contributed by atoms with van der Waals surface area (Å²) in [5.41, 5.74) is 11.8. The lowest BCUT2D eigenvalue weighted by Crippen LogP contribution is -2.29. The van der Waals surface area contributed by atoms with Crippen LogP contribution in [0.1, 0.15) is 22.7 Å². The van der Waals surface area contributed by atoms with Crippen molar-refractivity contribution < 1.29 is 4.74 Å². The van der Waals surface area contributed by atoms with Crippen LogP contribution in [-0.2, 0) is 7.05 Å². The maximum absolute atomic E-state index is 6.00. The number of rotatable bonds is 4. The number of benzene rings is 1. The van der Waals surface area contributed by atoms with Gasteiger partial charge in [-0.1, -0.05) is 6.07 Å². The van der Waals surface area contributed by atoms with Gasteiger partial charge >= 0.3 is 0 Å². The number of aromatic nitrogens is 2. The summed E-state index contributed by atoms with van der Waals surface area (Å²) in [5, 5.41) is 4.15. The first kappa shape index (κ1) is 13.4. The summed E-state index contributed by atoms with van der Waals surface area (Å²) in [6.45, 7) is 2.01. The number of aryl methyl sites for hydroxylation is 2. The summed E-state index contributed by atoms with van der Waals surface area (Å²) in [6.07, 6.45) is 1.73. The average molecular weight is 261 g/mol. The van der Waals surface area contributed by atoms with Gasteiger partial charge in [0.2, 0.25) is 0 Å². The molecule has 2 aromatic rings. The SMILES string of the molecule is COc1ccc(C(NN)c2cnn(C)c2N)c(C)c1. The van der Waals surface area contributed by atoms with E-state index >= 15 is 0 Å². The first-order valence-electron chi connectivity index (χ1n) is 5.96. The fourth-order valence-electron chi connectivity index (χ4n) is 2.13. The van der Waals surface area contributed by atoms with Gasteiger partial charge in [0.05, 0.1) is 19.3 Å². The second-order valence-electron chi connectivity index (χ2n) is 4.43. The predicted octanol–water partition coefficient (Wildman–Crippen LogP) is 0.872. The third-order valence-electron chi connectivity index (χ3n) is 3.28. The van der Waals surface area contributed by atoms with Crippen LogP contribution in [-0.4, -0.2) is 16.9 Å². The molecular weight excluding hydrogens is 242 g/mol.